The zero-order valence-electron chi connectivity index (χ0n) is 13.0. The van der Waals surface area contributed by atoms with Crippen LogP contribution in [-0.2, 0) is 9.53 Å². The summed E-state index contributed by atoms with van der Waals surface area (Å²) in [6.45, 7) is 7.10. The normalized spacial score (nSPS) is 10.7. The molecule has 0 aromatic heterocycles. The number of ether oxygens (including phenoxy) is 2. The molecule has 0 radical (unpaired) electrons. The van der Waals surface area contributed by atoms with E-state index in [1.165, 1.54) is 0 Å². The van der Waals surface area contributed by atoms with E-state index in [0.717, 1.165) is 13.1 Å². The van der Waals surface area contributed by atoms with Crippen molar-refractivity contribution in [2.24, 2.45) is 0 Å². The lowest BCUT2D eigenvalue weighted by molar-refractivity contribution is -0.117. The lowest BCUT2D eigenvalue weighted by Crippen LogP contribution is -2.35. The van der Waals surface area contributed by atoms with Gasteiger partial charge in [-0.2, -0.15) is 0 Å². The van der Waals surface area contributed by atoms with Crippen LogP contribution in [0.15, 0.2) is 18.2 Å². The Labute approximate surface area is 126 Å². The van der Waals surface area contributed by atoms with Crippen molar-refractivity contribution in [3.05, 3.63) is 18.2 Å². The number of carbonyl (C=O) groups excluding carboxylic acids is 1. The Morgan fingerprint density at radius 3 is 2.76 bits per heavy atom. The Morgan fingerprint density at radius 1 is 1.38 bits per heavy atom. The third kappa shape index (κ3) is 6.01. The van der Waals surface area contributed by atoms with Gasteiger partial charge in [-0.1, -0.05) is 6.92 Å². The average molecular weight is 295 g/mol. The number of rotatable bonds is 9. The number of carbonyl (C=O) groups is 1. The van der Waals surface area contributed by atoms with Crippen molar-refractivity contribution in [2.45, 2.75) is 13.8 Å². The number of methoxy groups -OCH3 is 1. The monoisotopic (exact) mass is 295 g/mol. The quantitative estimate of drug-likeness (QED) is 0.534. The van der Waals surface area contributed by atoms with Gasteiger partial charge in [0.1, 0.15) is 5.75 Å². The van der Waals surface area contributed by atoms with Gasteiger partial charge < -0.3 is 20.5 Å². The average Bonchev–Trinajstić information content (AvgIpc) is 2.46. The molecule has 0 unspecified atom stereocenters. The van der Waals surface area contributed by atoms with Gasteiger partial charge in [0.15, 0.2) is 0 Å². The van der Waals surface area contributed by atoms with Gasteiger partial charge >= 0.3 is 0 Å². The second kappa shape index (κ2) is 9.20. The van der Waals surface area contributed by atoms with Crippen LogP contribution in [0.1, 0.15) is 13.8 Å². The van der Waals surface area contributed by atoms with Crippen molar-refractivity contribution >= 4 is 17.3 Å². The molecule has 0 bridgehead atoms. The molecule has 6 nitrogen and oxygen atoms in total. The maximum absolute atomic E-state index is 12.1. The van der Waals surface area contributed by atoms with E-state index in [2.05, 4.69) is 5.32 Å². The number of nitrogen functional groups attached to an aromatic ring is 1. The van der Waals surface area contributed by atoms with Gasteiger partial charge in [0.05, 0.1) is 25.9 Å². The smallest absolute Gasteiger partial charge is 0.238 e. The predicted octanol–water partition coefficient (Wildman–Crippen LogP) is 1.57. The molecule has 0 atom stereocenters. The van der Waals surface area contributed by atoms with E-state index < -0.39 is 0 Å². The SMILES string of the molecule is CCOCCN(CC)CC(=O)Nc1cc(N)ccc1OC. The molecule has 118 valence electrons. The highest BCUT2D eigenvalue weighted by Crippen LogP contribution is 2.26. The minimum absolute atomic E-state index is 0.0998. The summed E-state index contributed by atoms with van der Waals surface area (Å²) >= 11 is 0. The highest BCUT2D eigenvalue weighted by molar-refractivity contribution is 5.94. The van der Waals surface area contributed by atoms with Gasteiger partial charge in [0, 0.05) is 18.8 Å². The summed E-state index contributed by atoms with van der Waals surface area (Å²) in [5.74, 6) is 0.493. The van der Waals surface area contributed by atoms with Crippen LogP contribution in [0.2, 0.25) is 0 Å². The summed E-state index contributed by atoms with van der Waals surface area (Å²) in [7, 11) is 1.56. The maximum Gasteiger partial charge on any atom is 0.238 e. The van der Waals surface area contributed by atoms with Crippen LogP contribution in [0, 0.1) is 0 Å². The van der Waals surface area contributed by atoms with Gasteiger partial charge in [0.25, 0.3) is 0 Å². The van der Waals surface area contributed by atoms with Crippen molar-refractivity contribution in [2.75, 3.05) is 51.0 Å². The highest BCUT2D eigenvalue weighted by Gasteiger charge is 2.11. The molecule has 0 aliphatic heterocycles. The van der Waals surface area contributed by atoms with Crippen LogP contribution in [0.5, 0.6) is 5.75 Å². The van der Waals surface area contributed by atoms with E-state index in [9.17, 15) is 4.79 Å². The second-order valence-corrected chi connectivity index (χ2v) is 4.57. The fraction of sp³-hybridized carbons (Fsp3) is 0.533. The second-order valence-electron chi connectivity index (χ2n) is 4.57. The van der Waals surface area contributed by atoms with Gasteiger partial charge in [0.2, 0.25) is 5.91 Å². The number of nitrogens with two attached hydrogens (primary N) is 1. The number of likely N-dealkylation sites (N-methyl/N-ethyl adjacent to an activating group) is 1. The van der Waals surface area contributed by atoms with E-state index in [-0.39, 0.29) is 5.91 Å². The van der Waals surface area contributed by atoms with E-state index in [1.807, 2.05) is 18.7 Å². The van der Waals surface area contributed by atoms with Crippen LogP contribution in [0.25, 0.3) is 0 Å². The minimum atomic E-state index is -0.0998. The Kier molecular flexibility index (Phi) is 7.56. The molecule has 1 amide bonds. The Balaban J connectivity index is 2.57. The van der Waals surface area contributed by atoms with E-state index >= 15 is 0 Å². The summed E-state index contributed by atoms with van der Waals surface area (Å²) in [5, 5.41) is 2.83. The Morgan fingerprint density at radius 2 is 2.14 bits per heavy atom. The molecule has 1 aromatic carbocycles. The summed E-state index contributed by atoms with van der Waals surface area (Å²) in [6, 6.07) is 5.15. The van der Waals surface area contributed by atoms with E-state index in [1.54, 1.807) is 25.3 Å². The molecular formula is C15H25N3O3. The molecule has 6 heteroatoms. The van der Waals surface area contributed by atoms with Gasteiger partial charge in [-0.05, 0) is 31.7 Å². The summed E-state index contributed by atoms with van der Waals surface area (Å²) in [6.07, 6.45) is 0. The molecule has 0 fully saturated rings. The van der Waals surface area contributed by atoms with E-state index in [0.29, 0.717) is 36.9 Å². The molecule has 0 heterocycles. The van der Waals surface area contributed by atoms with Crippen molar-refractivity contribution < 1.29 is 14.3 Å². The first-order chi connectivity index (χ1) is 10.1. The molecule has 0 spiro atoms. The Bertz CT molecular complexity index is 452. The number of nitrogens with zero attached hydrogens (tertiary/aromatic N) is 1. The lowest BCUT2D eigenvalue weighted by Gasteiger charge is -2.20. The van der Waals surface area contributed by atoms with Crippen LogP contribution >= 0.6 is 0 Å². The first kappa shape index (κ1) is 17.3. The molecule has 21 heavy (non-hydrogen) atoms. The number of hydrogen-bond donors (Lipinski definition) is 2. The van der Waals surface area contributed by atoms with Gasteiger partial charge in [-0.3, -0.25) is 9.69 Å². The van der Waals surface area contributed by atoms with Crippen LogP contribution in [0.3, 0.4) is 0 Å². The van der Waals surface area contributed by atoms with Crippen LogP contribution < -0.4 is 15.8 Å². The number of benzene rings is 1. The largest absolute Gasteiger partial charge is 0.495 e. The summed E-state index contributed by atoms with van der Waals surface area (Å²) in [4.78, 5) is 14.1. The fourth-order valence-corrected chi connectivity index (χ4v) is 1.90. The third-order valence-corrected chi connectivity index (χ3v) is 3.07. The Hall–Kier alpha value is -1.79. The third-order valence-electron chi connectivity index (χ3n) is 3.07. The van der Waals surface area contributed by atoms with Crippen molar-refractivity contribution in [1.29, 1.82) is 0 Å². The van der Waals surface area contributed by atoms with Crippen LogP contribution in [0.4, 0.5) is 11.4 Å². The lowest BCUT2D eigenvalue weighted by atomic mass is 10.2. The topological polar surface area (TPSA) is 76.8 Å². The predicted molar refractivity (Wildman–Crippen MR) is 84.6 cm³/mol. The minimum Gasteiger partial charge on any atom is -0.495 e. The number of anilines is 2. The molecule has 0 aliphatic carbocycles. The molecule has 0 aliphatic rings. The fourth-order valence-electron chi connectivity index (χ4n) is 1.90. The summed E-state index contributed by atoms with van der Waals surface area (Å²) < 4.78 is 10.5. The number of nitrogens with one attached hydrogen (secondary N) is 1. The van der Waals surface area contributed by atoms with E-state index in [4.69, 9.17) is 15.2 Å². The molecule has 1 rings (SSSR count). The molecule has 3 N–H and O–H groups in total. The zero-order valence-corrected chi connectivity index (χ0v) is 13.0. The van der Waals surface area contributed by atoms with Gasteiger partial charge in [-0.25, -0.2) is 0 Å². The first-order valence-electron chi connectivity index (χ1n) is 7.14. The number of hydrogen-bond acceptors (Lipinski definition) is 5. The first-order valence-corrected chi connectivity index (χ1v) is 7.14. The number of amides is 1. The highest BCUT2D eigenvalue weighted by atomic mass is 16.5. The maximum atomic E-state index is 12.1. The van der Waals surface area contributed by atoms with Crippen molar-refractivity contribution in [3.8, 4) is 5.75 Å². The molecular weight excluding hydrogens is 270 g/mol. The van der Waals surface area contributed by atoms with Crippen molar-refractivity contribution in [3.63, 3.8) is 0 Å². The van der Waals surface area contributed by atoms with Crippen molar-refractivity contribution in [1.82, 2.24) is 4.90 Å². The molecule has 0 saturated heterocycles. The summed E-state index contributed by atoms with van der Waals surface area (Å²) in [5.41, 5.74) is 6.90. The van der Waals surface area contributed by atoms with Crippen LogP contribution in [-0.4, -0.2) is 50.8 Å². The van der Waals surface area contributed by atoms with Gasteiger partial charge in [-0.15, -0.1) is 0 Å². The molecule has 1 aromatic rings. The molecule has 0 saturated carbocycles. The zero-order chi connectivity index (χ0) is 15.7. The standard InChI is InChI=1S/C15H25N3O3/c1-4-18(8-9-21-5-2)11-15(19)17-13-10-12(16)6-7-14(13)20-3/h6-7,10H,4-5,8-9,11,16H2,1-3H3,(H,17,19).